The lowest BCUT2D eigenvalue weighted by Gasteiger charge is -2.19. The Morgan fingerprint density at radius 1 is 1.00 bits per heavy atom. The normalized spacial score (nSPS) is 12.8. The molecule has 0 fully saturated rings. The molecule has 172 valence electrons. The van der Waals surface area contributed by atoms with E-state index in [-0.39, 0.29) is 29.5 Å². The van der Waals surface area contributed by atoms with Gasteiger partial charge in [0.1, 0.15) is 5.82 Å². The quantitative estimate of drug-likeness (QED) is 0.491. The lowest BCUT2D eigenvalue weighted by molar-refractivity contribution is -0.137. The number of carbonyl (C=O) groups is 2. The third kappa shape index (κ3) is 4.83. The number of hydrogen-bond acceptors (Lipinski definition) is 4. The lowest BCUT2D eigenvalue weighted by atomic mass is 10.1. The van der Waals surface area contributed by atoms with E-state index in [9.17, 15) is 27.2 Å². The van der Waals surface area contributed by atoms with Crippen molar-refractivity contribution in [2.45, 2.75) is 12.7 Å². The average molecular weight is 468 g/mol. The Morgan fingerprint density at radius 2 is 1.65 bits per heavy atom. The number of benzene rings is 3. The molecule has 0 radical (unpaired) electrons. The molecule has 0 atom stereocenters. The van der Waals surface area contributed by atoms with Gasteiger partial charge in [-0.15, -0.1) is 0 Å². The zero-order valence-corrected chi connectivity index (χ0v) is 17.4. The number of urea groups is 1. The van der Waals surface area contributed by atoms with Crippen LogP contribution in [-0.2, 0) is 12.7 Å². The smallest absolute Gasteiger partial charge is 0.359 e. The molecule has 0 spiro atoms. The molecule has 0 aromatic heterocycles. The number of nitrogens with zero attached hydrogens (tertiary/aromatic N) is 2. The number of nitriles is 1. The topological polar surface area (TPSA) is 85.2 Å². The highest BCUT2D eigenvalue weighted by molar-refractivity contribution is 6.10. The van der Waals surface area contributed by atoms with Crippen molar-refractivity contribution in [2.75, 3.05) is 22.1 Å². The van der Waals surface area contributed by atoms with Crippen LogP contribution in [0.15, 0.2) is 60.7 Å². The molecular weight excluding hydrogens is 452 g/mol. The number of nitrogens with one attached hydrogen (secondary N) is 2. The molecule has 3 aromatic carbocycles. The maximum atomic E-state index is 13.1. The molecule has 10 heteroatoms. The first-order valence-electron chi connectivity index (χ1n) is 10.00. The van der Waals surface area contributed by atoms with Gasteiger partial charge < -0.3 is 15.5 Å². The minimum atomic E-state index is -4.75. The Labute approximate surface area is 191 Å². The van der Waals surface area contributed by atoms with E-state index in [0.29, 0.717) is 23.9 Å². The van der Waals surface area contributed by atoms with Crippen molar-refractivity contribution in [3.63, 3.8) is 0 Å². The van der Waals surface area contributed by atoms with E-state index in [0.717, 1.165) is 11.6 Å². The van der Waals surface area contributed by atoms with Crippen molar-refractivity contribution < 1.29 is 27.2 Å². The third-order valence-electron chi connectivity index (χ3n) is 5.22. The van der Waals surface area contributed by atoms with Gasteiger partial charge in [0.25, 0.3) is 0 Å². The molecule has 4 rings (SSSR count). The first kappa shape index (κ1) is 22.8. The minimum Gasteiger partial charge on any atom is -0.359 e. The zero-order chi connectivity index (χ0) is 24.5. The first-order chi connectivity index (χ1) is 16.1. The Hall–Kier alpha value is -4.39. The predicted molar refractivity (Wildman–Crippen MR) is 117 cm³/mol. The number of hydrogen-bond donors (Lipinski definition) is 2. The average Bonchev–Trinajstić information content (AvgIpc) is 3.09. The highest BCUT2D eigenvalue weighted by Gasteiger charge is 2.34. The summed E-state index contributed by atoms with van der Waals surface area (Å²) in [6.45, 7) is 0.514. The van der Waals surface area contributed by atoms with Gasteiger partial charge in [0.15, 0.2) is 5.78 Å². The van der Waals surface area contributed by atoms with Crippen LogP contribution in [0.25, 0.3) is 0 Å². The monoisotopic (exact) mass is 468 g/mol. The van der Waals surface area contributed by atoms with Crippen molar-refractivity contribution in [3.8, 4) is 6.07 Å². The van der Waals surface area contributed by atoms with Gasteiger partial charge in [-0.3, -0.25) is 4.79 Å². The lowest BCUT2D eigenvalue weighted by Crippen LogP contribution is -2.21. The molecule has 0 bridgehead atoms. The first-order valence-corrected chi connectivity index (χ1v) is 10.00. The van der Waals surface area contributed by atoms with Crippen LogP contribution in [0, 0.1) is 17.1 Å². The number of alkyl halides is 3. The number of Topliss-reactive ketones (excluding diaryl/α,β-unsaturated/α-hetero) is 1. The van der Waals surface area contributed by atoms with Crippen molar-refractivity contribution >= 4 is 28.9 Å². The fourth-order valence-electron chi connectivity index (χ4n) is 3.66. The number of ketones is 1. The van der Waals surface area contributed by atoms with Crippen molar-refractivity contribution in [1.29, 1.82) is 5.26 Å². The van der Waals surface area contributed by atoms with Gasteiger partial charge in [-0.25, -0.2) is 9.18 Å². The largest absolute Gasteiger partial charge is 0.417 e. The summed E-state index contributed by atoms with van der Waals surface area (Å²) in [4.78, 5) is 26.6. The highest BCUT2D eigenvalue weighted by atomic mass is 19.4. The zero-order valence-electron chi connectivity index (χ0n) is 17.4. The van der Waals surface area contributed by atoms with Crippen LogP contribution < -0.4 is 15.5 Å². The summed E-state index contributed by atoms with van der Waals surface area (Å²) < 4.78 is 52.5. The fraction of sp³-hybridized carbons (Fsp3) is 0.125. The number of fused-ring (bicyclic) bond motifs is 1. The summed E-state index contributed by atoms with van der Waals surface area (Å²) in [6, 6.07) is 14.1. The molecule has 0 saturated heterocycles. The third-order valence-corrected chi connectivity index (χ3v) is 5.22. The van der Waals surface area contributed by atoms with E-state index in [4.69, 9.17) is 5.26 Å². The van der Waals surface area contributed by atoms with Gasteiger partial charge in [0.05, 0.1) is 23.7 Å². The molecule has 1 heterocycles. The van der Waals surface area contributed by atoms with E-state index in [2.05, 4.69) is 10.6 Å². The van der Waals surface area contributed by atoms with Crippen LogP contribution in [0.5, 0.6) is 0 Å². The number of anilines is 3. The van der Waals surface area contributed by atoms with Crippen LogP contribution in [0.1, 0.15) is 27.0 Å². The summed E-state index contributed by atoms with van der Waals surface area (Å²) in [5, 5.41) is 13.6. The Bertz CT molecular complexity index is 1310. The van der Waals surface area contributed by atoms with Crippen LogP contribution in [0.3, 0.4) is 0 Å². The van der Waals surface area contributed by atoms with E-state index in [1.54, 1.807) is 24.3 Å². The van der Waals surface area contributed by atoms with E-state index >= 15 is 0 Å². The van der Waals surface area contributed by atoms with Gasteiger partial charge in [-0.05, 0) is 54.1 Å². The summed E-state index contributed by atoms with van der Waals surface area (Å²) in [5.74, 6) is -0.519. The minimum absolute atomic E-state index is 0.119. The van der Waals surface area contributed by atoms with Crippen LogP contribution in [0.4, 0.5) is 39.4 Å². The van der Waals surface area contributed by atoms with E-state index in [1.807, 2.05) is 4.90 Å². The van der Waals surface area contributed by atoms with Crippen LogP contribution in [0.2, 0.25) is 0 Å². The number of rotatable bonds is 4. The standard InChI is InChI=1S/C24H16F4N4O2/c25-16-4-1-14(2-5-16)12-32-13-22(33)19-9-17(7-8-21(19)32)30-23(34)31-18-6-3-15(11-29)20(10-18)24(26,27)28/h1-10H,12-13H2,(H2,30,31,34). The maximum absolute atomic E-state index is 13.1. The molecular formula is C24H16F4N4O2. The van der Waals surface area contributed by atoms with Gasteiger partial charge in [-0.1, -0.05) is 12.1 Å². The van der Waals surface area contributed by atoms with Crippen LogP contribution in [-0.4, -0.2) is 18.4 Å². The molecule has 0 unspecified atom stereocenters. The number of amides is 2. The molecule has 0 aliphatic carbocycles. The van der Waals surface area contributed by atoms with Crippen LogP contribution >= 0.6 is 0 Å². The maximum Gasteiger partial charge on any atom is 0.417 e. The number of carbonyl (C=O) groups excluding carboxylic acids is 2. The molecule has 1 aliphatic heterocycles. The van der Waals surface area contributed by atoms with E-state index < -0.39 is 23.3 Å². The Kier molecular flexibility index (Phi) is 5.94. The van der Waals surface area contributed by atoms with Gasteiger partial charge in [0.2, 0.25) is 0 Å². The van der Waals surface area contributed by atoms with Gasteiger partial charge in [0, 0.05) is 29.2 Å². The molecule has 3 aromatic rings. The van der Waals surface area contributed by atoms with Crippen molar-refractivity contribution in [2.24, 2.45) is 0 Å². The SMILES string of the molecule is N#Cc1ccc(NC(=O)Nc2ccc3c(c2)C(=O)CN3Cc2ccc(F)cc2)cc1C(F)(F)F. The highest BCUT2D eigenvalue weighted by Crippen LogP contribution is 2.34. The molecule has 2 N–H and O–H groups in total. The summed E-state index contributed by atoms with van der Waals surface area (Å²) in [6.07, 6.45) is -4.75. The summed E-state index contributed by atoms with van der Waals surface area (Å²) in [5.41, 5.74) is 0.284. The van der Waals surface area contributed by atoms with Gasteiger partial charge >= 0.3 is 12.2 Å². The molecule has 6 nitrogen and oxygen atoms in total. The second kappa shape index (κ2) is 8.86. The second-order valence-corrected chi connectivity index (χ2v) is 7.59. The Morgan fingerprint density at radius 3 is 2.29 bits per heavy atom. The molecule has 1 aliphatic rings. The second-order valence-electron chi connectivity index (χ2n) is 7.59. The summed E-state index contributed by atoms with van der Waals surface area (Å²) in [7, 11) is 0. The number of halogens is 4. The molecule has 2 amide bonds. The molecule has 0 saturated carbocycles. The Balaban J connectivity index is 1.47. The van der Waals surface area contributed by atoms with Gasteiger partial charge in [-0.2, -0.15) is 18.4 Å². The fourth-order valence-corrected chi connectivity index (χ4v) is 3.66. The van der Waals surface area contributed by atoms with E-state index in [1.165, 1.54) is 30.3 Å². The van der Waals surface area contributed by atoms with Crippen molar-refractivity contribution in [3.05, 3.63) is 88.7 Å². The van der Waals surface area contributed by atoms with Crippen molar-refractivity contribution in [1.82, 2.24) is 0 Å². The molecule has 34 heavy (non-hydrogen) atoms. The summed E-state index contributed by atoms with van der Waals surface area (Å²) >= 11 is 0. The predicted octanol–water partition coefficient (Wildman–Crippen LogP) is 5.56.